The Morgan fingerprint density at radius 1 is 1.04 bits per heavy atom. The van der Waals surface area contributed by atoms with Crippen LogP contribution in [0, 0.1) is 5.92 Å². The molecule has 6 rings (SSSR count). The highest BCUT2D eigenvalue weighted by Gasteiger charge is 2.40. The number of alkyl halides is 3. The number of piperazine rings is 1. The Bertz CT molecular complexity index is 1650. The van der Waals surface area contributed by atoms with Gasteiger partial charge in [0.25, 0.3) is 5.91 Å². The first-order valence-electron chi connectivity index (χ1n) is 17.0. The zero-order valence-corrected chi connectivity index (χ0v) is 28.4. The number of halogens is 4. The number of fused-ring (bicyclic) bond motifs is 1. The highest BCUT2D eigenvalue weighted by molar-refractivity contribution is 6.34. The summed E-state index contributed by atoms with van der Waals surface area (Å²) < 4.78 is 47.1. The van der Waals surface area contributed by atoms with Gasteiger partial charge in [0.15, 0.2) is 0 Å². The number of para-hydroxylation sites is 1. The Morgan fingerprint density at radius 2 is 1.78 bits per heavy atom. The number of likely N-dealkylation sites (tertiary alicyclic amines) is 1. The number of anilines is 1. The molecule has 3 fully saturated rings. The standard InChI is InChI=1S/C36H43ClF3N5O4/c1-42-20-30(29-4-2-3-5-33(29)42)35(48)41-32-11-8-25(16-31(32)37)17-34(47)45-19-26(44-14-12-43(13-15-44)23-36(38,39)40)18-27(45)22-49-28-9-6-24(21-46)7-10-28/h2-5,8,11,16,20-21,24,26-28H,6-7,9-10,12-15,17-19,22-23H2,1H3,(H,41,48)/t24?,26-,27-,28?/m0/s1. The third-order valence-corrected chi connectivity index (χ3v) is 10.6. The Labute approximate surface area is 289 Å². The van der Waals surface area contributed by atoms with Crippen LogP contribution in [0.5, 0.6) is 0 Å². The number of nitrogens with one attached hydrogen (secondary N) is 1. The third-order valence-electron chi connectivity index (χ3n) is 10.3. The molecule has 1 saturated carbocycles. The van der Waals surface area contributed by atoms with Gasteiger partial charge in [0.05, 0.1) is 48.0 Å². The van der Waals surface area contributed by atoms with Crippen molar-refractivity contribution in [1.82, 2.24) is 19.3 Å². The van der Waals surface area contributed by atoms with Gasteiger partial charge in [0, 0.05) is 68.8 Å². The molecule has 2 aliphatic heterocycles. The van der Waals surface area contributed by atoms with Crippen LogP contribution in [-0.2, 0) is 27.8 Å². The maximum Gasteiger partial charge on any atom is 0.401 e. The van der Waals surface area contributed by atoms with E-state index in [9.17, 15) is 27.6 Å². The second-order valence-electron chi connectivity index (χ2n) is 13.6. The van der Waals surface area contributed by atoms with E-state index in [1.807, 2.05) is 40.8 Å². The van der Waals surface area contributed by atoms with Gasteiger partial charge in [-0.15, -0.1) is 0 Å². The minimum absolute atomic E-state index is 0.0200. The maximum atomic E-state index is 13.8. The smallest absolute Gasteiger partial charge is 0.376 e. The van der Waals surface area contributed by atoms with Crippen molar-refractivity contribution in [3.63, 3.8) is 0 Å². The SMILES string of the molecule is Cn1cc(C(=O)Nc2ccc(CC(=O)N3C[C@@H](N4CCN(CC(F)(F)F)CC4)C[C@H]3COC3CCC(C=O)CC3)cc2Cl)c2ccccc21. The number of aldehydes is 1. The number of amides is 2. The largest absolute Gasteiger partial charge is 0.401 e. The molecule has 13 heteroatoms. The molecule has 1 aromatic heterocycles. The molecule has 2 amide bonds. The van der Waals surface area contributed by atoms with Crippen molar-refractivity contribution in [3.8, 4) is 0 Å². The van der Waals surface area contributed by atoms with Gasteiger partial charge in [-0.25, -0.2) is 0 Å². The second-order valence-corrected chi connectivity index (χ2v) is 14.0. The lowest BCUT2D eigenvalue weighted by atomic mass is 9.88. The molecule has 0 unspecified atom stereocenters. The number of nitrogens with zero attached hydrogens (tertiary/aromatic N) is 4. The van der Waals surface area contributed by atoms with Crippen molar-refractivity contribution in [2.24, 2.45) is 13.0 Å². The highest BCUT2D eigenvalue weighted by atomic mass is 35.5. The van der Waals surface area contributed by atoms with Gasteiger partial charge in [-0.05, 0) is 55.9 Å². The van der Waals surface area contributed by atoms with E-state index in [2.05, 4.69) is 10.2 Å². The summed E-state index contributed by atoms with van der Waals surface area (Å²) in [5.41, 5.74) is 2.62. The summed E-state index contributed by atoms with van der Waals surface area (Å²) >= 11 is 6.62. The number of hydrogen-bond donors (Lipinski definition) is 1. The average molecular weight is 702 g/mol. The minimum atomic E-state index is -4.23. The summed E-state index contributed by atoms with van der Waals surface area (Å²) in [4.78, 5) is 43.7. The van der Waals surface area contributed by atoms with Gasteiger partial charge in [-0.3, -0.25) is 19.4 Å². The molecule has 0 spiro atoms. The normalized spacial score (nSPS) is 24.0. The summed E-state index contributed by atoms with van der Waals surface area (Å²) in [6.07, 6.45) is 2.58. The van der Waals surface area contributed by atoms with E-state index in [4.69, 9.17) is 16.3 Å². The van der Waals surface area contributed by atoms with E-state index in [1.165, 1.54) is 4.90 Å². The summed E-state index contributed by atoms with van der Waals surface area (Å²) in [5.74, 6) is -0.290. The van der Waals surface area contributed by atoms with Crippen LogP contribution in [0.15, 0.2) is 48.7 Å². The molecule has 3 aliphatic rings. The fourth-order valence-electron chi connectivity index (χ4n) is 7.56. The summed E-state index contributed by atoms with van der Waals surface area (Å²) in [6, 6.07) is 12.7. The van der Waals surface area contributed by atoms with Crippen LogP contribution >= 0.6 is 11.6 Å². The van der Waals surface area contributed by atoms with E-state index >= 15 is 0 Å². The summed E-state index contributed by atoms with van der Waals surface area (Å²) in [6.45, 7) is 1.60. The van der Waals surface area contributed by atoms with Crippen LogP contribution < -0.4 is 5.32 Å². The van der Waals surface area contributed by atoms with Crippen LogP contribution in [-0.4, -0.2) is 108 Å². The lowest BCUT2D eigenvalue weighted by Crippen LogP contribution is -2.52. The quantitative estimate of drug-likeness (QED) is 0.279. The van der Waals surface area contributed by atoms with E-state index in [1.54, 1.807) is 24.4 Å². The molecule has 0 bridgehead atoms. The van der Waals surface area contributed by atoms with Crippen molar-refractivity contribution in [2.75, 3.05) is 51.2 Å². The van der Waals surface area contributed by atoms with Crippen LogP contribution in [0.25, 0.3) is 10.9 Å². The second kappa shape index (κ2) is 15.2. The van der Waals surface area contributed by atoms with Gasteiger partial charge < -0.3 is 24.3 Å². The van der Waals surface area contributed by atoms with Gasteiger partial charge >= 0.3 is 6.18 Å². The third kappa shape index (κ3) is 8.65. The number of hydrogen-bond acceptors (Lipinski definition) is 6. The van der Waals surface area contributed by atoms with Crippen molar-refractivity contribution in [1.29, 1.82) is 0 Å². The van der Waals surface area contributed by atoms with E-state index < -0.39 is 12.7 Å². The Kier molecular flexibility index (Phi) is 11.0. The lowest BCUT2D eigenvalue weighted by Gasteiger charge is -2.38. The highest BCUT2D eigenvalue weighted by Crippen LogP contribution is 2.30. The van der Waals surface area contributed by atoms with Crippen LogP contribution in [0.4, 0.5) is 18.9 Å². The Balaban J connectivity index is 1.10. The molecule has 1 aliphatic carbocycles. The predicted molar refractivity (Wildman–Crippen MR) is 182 cm³/mol. The molecule has 3 aromatic rings. The number of rotatable bonds is 10. The first kappa shape index (κ1) is 35.4. The Hall–Kier alpha value is -3.45. The maximum absolute atomic E-state index is 13.8. The van der Waals surface area contributed by atoms with Crippen molar-refractivity contribution in [3.05, 3.63) is 64.8 Å². The minimum Gasteiger partial charge on any atom is -0.376 e. The van der Waals surface area contributed by atoms with Gasteiger partial charge in [-0.2, -0.15) is 13.2 Å². The summed E-state index contributed by atoms with van der Waals surface area (Å²) in [5, 5.41) is 4.05. The van der Waals surface area contributed by atoms with Crippen molar-refractivity contribution in [2.45, 2.75) is 62.9 Å². The zero-order chi connectivity index (χ0) is 34.7. The number of carbonyl (C=O) groups is 3. The lowest BCUT2D eigenvalue weighted by molar-refractivity contribution is -0.150. The average Bonchev–Trinajstić information content (AvgIpc) is 3.66. The van der Waals surface area contributed by atoms with Crippen LogP contribution in [0.2, 0.25) is 5.02 Å². The molecule has 2 aromatic carbocycles. The fourth-order valence-corrected chi connectivity index (χ4v) is 7.81. The van der Waals surface area contributed by atoms with Crippen LogP contribution in [0.3, 0.4) is 0 Å². The van der Waals surface area contributed by atoms with E-state index in [0.717, 1.165) is 42.9 Å². The fraction of sp³-hybridized carbons (Fsp3) is 0.528. The number of carbonyl (C=O) groups excluding carboxylic acids is 3. The number of ether oxygens (including phenoxy) is 1. The molecule has 2 atom stereocenters. The monoisotopic (exact) mass is 701 g/mol. The van der Waals surface area contributed by atoms with Gasteiger partial charge in [-0.1, -0.05) is 35.9 Å². The molecule has 9 nitrogen and oxygen atoms in total. The Morgan fingerprint density at radius 3 is 2.47 bits per heavy atom. The molecule has 49 heavy (non-hydrogen) atoms. The van der Waals surface area contributed by atoms with E-state index in [-0.39, 0.29) is 42.3 Å². The molecular formula is C36H43ClF3N5O4. The number of benzene rings is 2. The first-order valence-corrected chi connectivity index (χ1v) is 17.4. The molecule has 264 valence electrons. The molecular weight excluding hydrogens is 659 g/mol. The molecule has 3 heterocycles. The first-order chi connectivity index (χ1) is 23.5. The van der Waals surface area contributed by atoms with Crippen LogP contribution in [0.1, 0.15) is 48.0 Å². The predicted octanol–water partition coefficient (Wildman–Crippen LogP) is 5.55. The van der Waals surface area contributed by atoms with Crippen molar-refractivity contribution >= 4 is 46.3 Å². The zero-order valence-electron chi connectivity index (χ0n) is 27.6. The number of aromatic nitrogens is 1. The number of aryl methyl sites for hydroxylation is 1. The summed E-state index contributed by atoms with van der Waals surface area (Å²) in [7, 11) is 1.88. The molecule has 2 saturated heterocycles. The molecule has 1 N–H and O–H groups in total. The van der Waals surface area contributed by atoms with Gasteiger partial charge in [0.1, 0.15) is 6.29 Å². The van der Waals surface area contributed by atoms with Crippen molar-refractivity contribution < 1.29 is 32.3 Å². The molecule has 0 radical (unpaired) electrons. The van der Waals surface area contributed by atoms with Gasteiger partial charge in [0.2, 0.25) is 5.91 Å². The topological polar surface area (TPSA) is 87.1 Å². The van der Waals surface area contributed by atoms with E-state index in [0.29, 0.717) is 67.6 Å².